The first-order valence-corrected chi connectivity index (χ1v) is 8.48. The average molecular weight is 334 g/mol. The predicted octanol–water partition coefficient (Wildman–Crippen LogP) is 4.46. The first kappa shape index (κ1) is 17.0. The van der Waals surface area contributed by atoms with E-state index >= 15 is 0 Å². The Kier molecular flexibility index (Phi) is 5.29. The van der Waals surface area contributed by atoms with Crippen LogP contribution < -0.4 is 5.32 Å². The molecule has 2 aromatic carbocycles. The van der Waals surface area contributed by atoms with Gasteiger partial charge in [0.1, 0.15) is 0 Å². The summed E-state index contributed by atoms with van der Waals surface area (Å²) in [6, 6.07) is 17.9. The van der Waals surface area contributed by atoms with Gasteiger partial charge in [0.15, 0.2) is 11.7 Å². The molecular formula is C21H22N2O2. The van der Waals surface area contributed by atoms with Crippen LogP contribution in [0.15, 0.2) is 65.2 Å². The lowest BCUT2D eigenvalue weighted by Gasteiger charge is -2.16. The van der Waals surface area contributed by atoms with Crippen molar-refractivity contribution in [3.8, 4) is 11.3 Å². The Morgan fingerprint density at radius 2 is 1.84 bits per heavy atom. The third-order valence-electron chi connectivity index (χ3n) is 4.21. The van der Waals surface area contributed by atoms with Crippen molar-refractivity contribution in [1.82, 2.24) is 10.3 Å². The fourth-order valence-electron chi connectivity index (χ4n) is 2.85. The first-order chi connectivity index (χ1) is 12.1. The highest BCUT2D eigenvalue weighted by Crippen LogP contribution is 2.20. The van der Waals surface area contributed by atoms with Crippen LogP contribution in [0.3, 0.4) is 0 Å². The number of rotatable bonds is 6. The summed E-state index contributed by atoms with van der Waals surface area (Å²) in [6.45, 7) is 4.05. The highest BCUT2D eigenvalue weighted by Gasteiger charge is 2.13. The van der Waals surface area contributed by atoms with E-state index in [1.165, 1.54) is 5.56 Å². The molecule has 4 nitrogen and oxygen atoms in total. The van der Waals surface area contributed by atoms with Gasteiger partial charge in [0.2, 0.25) is 5.91 Å². The molecule has 0 aliphatic carbocycles. The number of carbonyl (C=O) groups excluding carboxylic acids is 1. The molecule has 0 spiro atoms. The van der Waals surface area contributed by atoms with E-state index in [4.69, 9.17) is 4.42 Å². The highest BCUT2D eigenvalue weighted by molar-refractivity contribution is 5.76. The van der Waals surface area contributed by atoms with Crippen LogP contribution in [-0.2, 0) is 11.2 Å². The number of carbonyl (C=O) groups is 1. The van der Waals surface area contributed by atoms with Gasteiger partial charge >= 0.3 is 0 Å². The van der Waals surface area contributed by atoms with Gasteiger partial charge in [-0.1, -0.05) is 54.6 Å². The topological polar surface area (TPSA) is 55.1 Å². The number of nitrogens with zero attached hydrogens (tertiary/aromatic N) is 1. The molecule has 0 unspecified atom stereocenters. The van der Waals surface area contributed by atoms with Crippen LogP contribution in [0.2, 0.25) is 0 Å². The van der Waals surface area contributed by atoms with Gasteiger partial charge in [0, 0.05) is 18.4 Å². The quantitative estimate of drug-likeness (QED) is 0.724. The number of hydrogen-bond acceptors (Lipinski definition) is 3. The Labute approximate surface area is 147 Å². The minimum absolute atomic E-state index is 0.00443. The lowest BCUT2D eigenvalue weighted by atomic mass is 10.0. The van der Waals surface area contributed by atoms with Crippen molar-refractivity contribution < 1.29 is 9.21 Å². The van der Waals surface area contributed by atoms with Crippen LogP contribution in [0.25, 0.3) is 11.3 Å². The second-order valence-corrected chi connectivity index (χ2v) is 6.13. The molecule has 128 valence electrons. The Morgan fingerprint density at radius 1 is 1.12 bits per heavy atom. The third kappa shape index (κ3) is 4.35. The largest absolute Gasteiger partial charge is 0.441 e. The molecule has 0 aliphatic heterocycles. The number of hydrogen-bond donors (Lipinski definition) is 1. The van der Waals surface area contributed by atoms with Crippen molar-refractivity contribution in [2.75, 3.05) is 0 Å². The van der Waals surface area contributed by atoms with Gasteiger partial charge < -0.3 is 9.73 Å². The third-order valence-corrected chi connectivity index (χ3v) is 4.21. The number of oxazole rings is 1. The zero-order valence-electron chi connectivity index (χ0n) is 14.5. The molecule has 3 rings (SSSR count). The second-order valence-electron chi connectivity index (χ2n) is 6.13. The lowest BCUT2D eigenvalue weighted by Crippen LogP contribution is -2.27. The summed E-state index contributed by atoms with van der Waals surface area (Å²) in [7, 11) is 0. The van der Waals surface area contributed by atoms with Crippen molar-refractivity contribution in [3.63, 3.8) is 0 Å². The zero-order chi connectivity index (χ0) is 17.6. The monoisotopic (exact) mass is 334 g/mol. The molecule has 1 N–H and O–H groups in total. The molecule has 3 aromatic rings. The van der Waals surface area contributed by atoms with Gasteiger partial charge in [-0.3, -0.25) is 4.79 Å². The maximum atomic E-state index is 12.2. The van der Waals surface area contributed by atoms with Crippen LogP contribution in [0.4, 0.5) is 0 Å². The second kappa shape index (κ2) is 7.79. The SMILES string of the molecule is Cc1ccccc1[C@H](C)NC(=O)CCc1ncc(-c2ccccc2)o1. The van der Waals surface area contributed by atoms with Gasteiger partial charge in [-0.25, -0.2) is 4.98 Å². The molecule has 25 heavy (non-hydrogen) atoms. The fraction of sp³-hybridized carbons (Fsp3) is 0.238. The molecule has 0 radical (unpaired) electrons. The van der Waals surface area contributed by atoms with E-state index < -0.39 is 0 Å². The van der Waals surface area contributed by atoms with Crippen LogP contribution in [0.5, 0.6) is 0 Å². The molecule has 0 aliphatic rings. The molecule has 0 fully saturated rings. The fourth-order valence-corrected chi connectivity index (χ4v) is 2.85. The molecule has 0 saturated carbocycles. The molecule has 1 aromatic heterocycles. The van der Waals surface area contributed by atoms with Crippen molar-refractivity contribution >= 4 is 5.91 Å². The highest BCUT2D eigenvalue weighted by atomic mass is 16.4. The molecular weight excluding hydrogens is 312 g/mol. The zero-order valence-corrected chi connectivity index (χ0v) is 14.5. The summed E-state index contributed by atoms with van der Waals surface area (Å²) in [5.41, 5.74) is 3.30. The van der Waals surface area contributed by atoms with Gasteiger partial charge in [0.25, 0.3) is 0 Å². The van der Waals surface area contributed by atoms with Crippen molar-refractivity contribution in [2.24, 2.45) is 0 Å². The van der Waals surface area contributed by atoms with Crippen LogP contribution in [0.1, 0.15) is 36.4 Å². The number of aromatic nitrogens is 1. The van der Waals surface area contributed by atoms with Gasteiger partial charge in [0.05, 0.1) is 12.2 Å². The molecule has 0 saturated heterocycles. The smallest absolute Gasteiger partial charge is 0.220 e. The molecule has 1 atom stereocenters. The number of aryl methyl sites for hydroxylation is 2. The summed E-state index contributed by atoms with van der Waals surface area (Å²) < 4.78 is 5.74. The summed E-state index contributed by atoms with van der Waals surface area (Å²) in [4.78, 5) is 16.5. The Morgan fingerprint density at radius 3 is 2.60 bits per heavy atom. The maximum absolute atomic E-state index is 12.2. The van der Waals surface area contributed by atoms with E-state index in [0.29, 0.717) is 18.7 Å². The Bertz CT molecular complexity index is 840. The van der Waals surface area contributed by atoms with E-state index in [1.807, 2.05) is 55.5 Å². The minimum Gasteiger partial charge on any atom is -0.441 e. The minimum atomic E-state index is -0.0156. The Balaban J connectivity index is 1.54. The van der Waals surface area contributed by atoms with Crippen molar-refractivity contribution in [3.05, 3.63) is 77.8 Å². The number of amides is 1. The van der Waals surface area contributed by atoms with Crippen LogP contribution in [-0.4, -0.2) is 10.9 Å². The maximum Gasteiger partial charge on any atom is 0.220 e. The van der Waals surface area contributed by atoms with E-state index in [-0.39, 0.29) is 11.9 Å². The van der Waals surface area contributed by atoms with Gasteiger partial charge in [-0.05, 0) is 25.0 Å². The number of benzene rings is 2. The predicted molar refractivity (Wildman–Crippen MR) is 98.0 cm³/mol. The molecule has 4 heteroatoms. The number of nitrogens with one attached hydrogen (secondary N) is 1. The van der Waals surface area contributed by atoms with E-state index in [1.54, 1.807) is 6.20 Å². The Hall–Kier alpha value is -2.88. The van der Waals surface area contributed by atoms with E-state index in [9.17, 15) is 4.79 Å². The average Bonchev–Trinajstić information content (AvgIpc) is 3.10. The summed E-state index contributed by atoms with van der Waals surface area (Å²) in [5.74, 6) is 1.30. The van der Waals surface area contributed by atoms with E-state index in [0.717, 1.165) is 16.9 Å². The van der Waals surface area contributed by atoms with Crippen molar-refractivity contribution in [2.45, 2.75) is 32.7 Å². The first-order valence-electron chi connectivity index (χ1n) is 8.48. The summed E-state index contributed by atoms with van der Waals surface area (Å²) in [6.07, 6.45) is 2.54. The molecule has 0 bridgehead atoms. The van der Waals surface area contributed by atoms with Crippen molar-refractivity contribution in [1.29, 1.82) is 0 Å². The van der Waals surface area contributed by atoms with Gasteiger partial charge in [-0.15, -0.1) is 0 Å². The van der Waals surface area contributed by atoms with Gasteiger partial charge in [-0.2, -0.15) is 0 Å². The van der Waals surface area contributed by atoms with E-state index in [2.05, 4.69) is 23.3 Å². The summed E-state index contributed by atoms with van der Waals surface area (Å²) >= 11 is 0. The lowest BCUT2D eigenvalue weighted by molar-refractivity contribution is -0.121. The normalized spacial score (nSPS) is 11.9. The summed E-state index contributed by atoms with van der Waals surface area (Å²) in [5, 5.41) is 3.04. The molecule has 1 heterocycles. The molecule has 1 amide bonds. The van der Waals surface area contributed by atoms with Crippen LogP contribution >= 0.6 is 0 Å². The standard InChI is InChI=1S/C21H22N2O2/c1-15-8-6-7-11-18(15)16(2)23-20(24)12-13-21-22-14-19(25-21)17-9-4-3-5-10-17/h3-11,14,16H,12-13H2,1-2H3,(H,23,24)/t16-/m0/s1. The van der Waals surface area contributed by atoms with Crippen LogP contribution in [0, 0.1) is 6.92 Å².